The number of carbonyl (C=O) groups is 2. The fraction of sp³-hybridized carbons (Fsp3) is 0.333. The summed E-state index contributed by atoms with van der Waals surface area (Å²) in [5.74, 6) is 0. The summed E-state index contributed by atoms with van der Waals surface area (Å²) in [6, 6.07) is 27.7. The molecule has 4 amide bonds. The van der Waals surface area contributed by atoms with Crippen molar-refractivity contribution in [3.05, 3.63) is 107 Å². The van der Waals surface area contributed by atoms with Crippen molar-refractivity contribution < 1.29 is 9.59 Å². The zero-order chi connectivity index (χ0) is 26.0. The Balaban J connectivity index is 1.53. The lowest BCUT2D eigenvalue weighted by molar-refractivity contribution is 0.230. The molecule has 0 aromatic heterocycles. The van der Waals surface area contributed by atoms with Crippen molar-refractivity contribution in [3.63, 3.8) is 0 Å². The first-order valence-electron chi connectivity index (χ1n) is 12.5. The third kappa shape index (κ3) is 8.15. The van der Waals surface area contributed by atoms with Gasteiger partial charge in [-0.2, -0.15) is 0 Å². The summed E-state index contributed by atoms with van der Waals surface area (Å²) in [7, 11) is 0. The zero-order valence-electron chi connectivity index (χ0n) is 21.7. The van der Waals surface area contributed by atoms with Crippen LogP contribution in [0.4, 0.5) is 9.59 Å². The monoisotopic (exact) mass is 486 g/mol. The second-order valence-electron chi connectivity index (χ2n) is 10.1. The number of amides is 4. The van der Waals surface area contributed by atoms with E-state index in [4.69, 9.17) is 0 Å². The maximum atomic E-state index is 12.6. The first-order valence-corrected chi connectivity index (χ1v) is 12.5. The number of hydrogen-bond donors (Lipinski definition) is 4. The number of urea groups is 2. The van der Waals surface area contributed by atoms with Gasteiger partial charge in [-0.25, -0.2) is 9.59 Å². The lowest BCUT2D eigenvalue weighted by Gasteiger charge is -2.31. The highest BCUT2D eigenvalue weighted by Gasteiger charge is 2.27. The van der Waals surface area contributed by atoms with E-state index < -0.39 is 11.1 Å². The van der Waals surface area contributed by atoms with Gasteiger partial charge < -0.3 is 21.3 Å². The highest BCUT2D eigenvalue weighted by molar-refractivity contribution is 5.75. The molecule has 36 heavy (non-hydrogen) atoms. The number of benzene rings is 3. The molecule has 3 rings (SSSR count). The van der Waals surface area contributed by atoms with Crippen molar-refractivity contribution in [2.75, 3.05) is 13.1 Å². The molecule has 0 aliphatic rings. The minimum Gasteiger partial charge on any atom is -0.338 e. The molecule has 0 spiro atoms. The largest absolute Gasteiger partial charge is 0.338 e. The molecular weight excluding hydrogens is 448 g/mol. The van der Waals surface area contributed by atoms with Crippen LogP contribution in [-0.2, 0) is 23.9 Å². The van der Waals surface area contributed by atoms with Crippen LogP contribution in [0, 0.1) is 0 Å². The van der Waals surface area contributed by atoms with E-state index in [0.29, 0.717) is 13.1 Å². The third-order valence-electron chi connectivity index (χ3n) is 6.24. The predicted octanol–water partition coefficient (Wildman–Crippen LogP) is 5.24. The summed E-state index contributed by atoms with van der Waals surface area (Å²) >= 11 is 0. The van der Waals surface area contributed by atoms with E-state index in [2.05, 4.69) is 21.3 Å². The summed E-state index contributed by atoms with van der Waals surface area (Å²) in [6.45, 7) is 9.00. The highest BCUT2D eigenvalue weighted by atomic mass is 16.2. The van der Waals surface area contributed by atoms with Crippen LogP contribution in [-0.4, -0.2) is 25.2 Å². The summed E-state index contributed by atoms with van der Waals surface area (Å²) in [5, 5.41) is 12.0. The standard InChI is InChI=1S/C30H38N4O2/c1-29(2,33-27(35)31-20-18-23-12-7-5-8-13-23)25-16-11-17-26(22-25)30(3,4)34-28(36)32-21-19-24-14-9-6-10-15-24/h5-17,22H,18-21H2,1-4H3,(H2,31,33,35)(H2,32,34,36). The zero-order valence-corrected chi connectivity index (χ0v) is 21.7. The lowest BCUT2D eigenvalue weighted by atomic mass is 9.87. The molecule has 0 unspecified atom stereocenters. The Morgan fingerprint density at radius 1 is 0.583 bits per heavy atom. The predicted molar refractivity (Wildman–Crippen MR) is 146 cm³/mol. The smallest absolute Gasteiger partial charge is 0.315 e. The van der Waals surface area contributed by atoms with Crippen molar-refractivity contribution in [1.82, 2.24) is 21.3 Å². The minimum atomic E-state index is -0.596. The molecule has 0 fully saturated rings. The quantitative estimate of drug-likeness (QED) is 0.316. The summed E-state index contributed by atoms with van der Waals surface area (Å²) < 4.78 is 0. The van der Waals surface area contributed by atoms with Crippen molar-refractivity contribution in [1.29, 1.82) is 0 Å². The highest BCUT2D eigenvalue weighted by Crippen LogP contribution is 2.26. The molecule has 4 N–H and O–H groups in total. The van der Waals surface area contributed by atoms with Crippen molar-refractivity contribution in [3.8, 4) is 0 Å². The van der Waals surface area contributed by atoms with Crippen LogP contribution in [0.3, 0.4) is 0 Å². The Hall–Kier alpha value is -3.80. The Morgan fingerprint density at radius 2 is 0.972 bits per heavy atom. The van der Waals surface area contributed by atoms with E-state index in [-0.39, 0.29) is 12.1 Å². The molecule has 6 nitrogen and oxygen atoms in total. The van der Waals surface area contributed by atoms with Gasteiger partial charge in [0.15, 0.2) is 0 Å². The number of hydrogen-bond acceptors (Lipinski definition) is 2. The van der Waals surface area contributed by atoms with Gasteiger partial charge >= 0.3 is 12.1 Å². The molecule has 3 aromatic carbocycles. The van der Waals surface area contributed by atoms with E-state index in [1.807, 2.05) is 113 Å². The molecule has 0 aliphatic heterocycles. The molecule has 0 radical (unpaired) electrons. The topological polar surface area (TPSA) is 82.3 Å². The molecule has 0 heterocycles. The van der Waals surface area contributed by atoms with Crippen LogP contribution in [0.15, 0.2) is 84.9 Å². The lowest BCUT2D eigenvalue weighted by Crippen LogP contribution is -2.48. The van der Waals surface area contributed by atoms with Gasteiger partial charge in [-0.05, 0) is 62.8 Å². The molecule has 0 aliphatic carbocycles. The fourth-order valence-electron chi connectivity index (χ4n) is 4.03. The van der Waals surface area contributed by atoms with Crippen molar-refractivity contribution >= 4 is 12.1 Å². The van der Waals surface area contributed by atoms with E-state index >= 15 is 0 Å². The molecule has 0 atom stereocenters. The maximum absolute atomic E-state index is 12.6. The Kier molecular flexibility index (Phi) is 9.12. The minimum absolute atomic E-state index is 0.212. The fourth-order valence-corrected chi connectivity index (χ4v) is 4.03. The normalized spacial score (nSPS) is 11.4. The average molecular weight is 487 g/mol. The average Bonchev–Trinajstić information content (AvgIpc) is 2.85. The Labute approximate surface area is 214 Å². The van der Waals surface area contributed by atoms with Crippen molar-refractivity contribution in [2.45, 2.75) is 51.6 Å². The molecule has 0 saturated heterocycles. The van der Waals surface area contributed by atoms with E-state index in [9.17, 15) is 9.59 Å². The third-order valence-corrected chi connectivity index (χ3v) is 6.24. The van der Waals surface area contributed by atoms with Gasteiger partial charge in [-0.3, -0.25) is 0 Å². The molecule has 3 aromatic rings. The Morgan fingerprint density at radius 3 is 1.36 bits per heavy atom. The van der Waals surface area contributed by atoms with Gasteiger partial charge in [0, 0.05) is 13.1 Å². The van der Waals surface area contributed by atoms with Gasteiger partial charge in [0.25, 0.3) is 0 Å². The molecule has 0 saturated carbocycles. The maximum Gasteiger partial charge on any atom is 0.315 e. The van der Waals surface area contributed by atoms with Gasteiger partial charge in [0.2, 0.25) is 0 Å². The molecule has 190 valence electrons. The SMILES string of the molecule is CC(C)(NC(=O)NCCc1ccccc1)c1cccc(C(C)(C)NC(=O)NCCc2ccccc2)c1. The van der Waals surface area contributed by atoms with Gasteiger partial charge in [0.05, 0.1) is 11.1 Å². The van der Waals surface area contributed by atoms with E-state index in [1.165, 1.54) is 11.1 Å². The van der Waals surface area contributed by atoms with Gasteiger partial charge in [0.1, 0.15) is 0 Å². The van der Waals surface area contributed by atoms with Crippen molar-refractivity contribution in [2.24, 2.45) is 0 Å². The van der Waals surface area contributed by atoms with Gasteiger partial charge in [-0.1, -0.05) is 84.9 Å². The van der Waals surface area contributed by atoms with Crippen LogP contribution < -0.4 is 21.3 Å². The van der Waals surface area contributed by atoms with Crippen LogP contribution in [0.25, 0.3) is 0 Å². The van der Waals surface area contributed by atoms with Gasteiger partial charge in [-0.15, -0.1) is 0 Å². The van der Waals surface area contributed by atoms with Crippen LogP contribution >= 0.6 is 0 Å². The molecular formula is C30H38N4O2. The van der Waals surface area contributed by atoms with Crippen LogP contribution in [0.1, 0.15) is 49.9 Å². The number of nitrogens with one attached hydrogen (secondary N) is 4. The van der Waals surface area contributed by atoms with E-state index in [1.54, 1.807) is 0 Å². The number of rotatable bonds is 10. The second kappa shape index (κ2) is 12.2. The second-order valence-corrected chi connectivity index (χ2v) is 10.1. The number of carbonyl (C=O) groups excluding carboxylic acids is 2. The van der Waals surface area contributed by atoms with Crippen LogP contribution in [0.5, 0.6) is 0 Å². The summed E-state index contributed by atoms with van der Waals surface area (Å²) in [6.07, 6.45) is 1.55. The Bertz CT molecular complexity index is 1040. The molecule has 0 bridgehead atoms. The summed E-state index contributed by atoms with van der Waals surface area (Å²) in [5.41, 5.74) is 3.09. The van der Waals surface area contributed by atoms with E-state index in [0.717, 1.165) is 24.0 Å². The van der Waals surface area contributed by atoms with Crippen LogP contribution in [0.2, 0.25) is 0 Å². The molecule has 6 heteroatoms. The first kappa shape index (κ1) is 26.8. The summed E-state index contributed by atoms with van der Waals surface area (Å²) in [4.78, 5) is 25.1. The first-order chi connectivity index (χ1) is 17.2.